The van der Waals surface area contributed by atoms with E-state index >= 15 is 0 Å². The maximum Gasteiger partial charge on any atom is 0.307 e. The minimum atomic E-state index is -0.168. The number of nitrogens with two attached hydrogens (primary N) is 1. The van der Waals surface area contributed by atoms with Crippen LogP contribution >= 0.6 is 0 Å². The Labute approximate surface area is 90.5 Å². The standard InChI is InChI=1S/C10H20N2O3/c1-8(5-10(13)14-2)12-3-4-15-9(6-11)7-12/h8-9H,3-7,11H2,1-2H3. The Balaban J connectivity index is 2.37. The van der Waals surface area contributed by atoms with Crippen LogP contribution < -0.4 is 5.73 Å². The number of morpholine rings is 1. The van der Waals surface area contributed by atoms with Crippen molar-refractivity contribution in [2.24, 2.45) is 5.73 Å². The zero-order chi connectivity index (χ0) is 11.3. The summed E-state index contributed by atoms with van der Waals surface area (Å²) in [6, 6.07) is 0.190. The molecule has 0 radical (unpaired) electrons. The number of methoxy groups -OCH3 is 1. The molecular weight excluding hydrogens is 196 g/mol. The van der Waals surface area contributed by atoms with Crippen molar-refractivity contribution in [3.8, 4) is 0 Å². The van der Waals surface area contributed by atoms with Gasteiger partial charge in [-0.1, -0.05) is 0 Å². The van der Waals surface area contributed by atoms with E-state index in [0.717, 1.165) is 13.1 Å². The summed E-state index contributed by atoms with van der Waals surface area (Å²) >= 11 is 0. The molecule has 0 aromatic rings. The summed E-state index contributed by atoms with van der Waals surface area (Å²) in [4.78, 5) is 13.3. The quantitative estimate of drug-likeness (QED) is 0.648. The number of esters is 1. The van der Waals surface area contributed by atoms with Crippen molar-refractivity contribution in [2.75, 3.05) is 33.4 Å². The largest absolute Gasteiger partial charge is 0.469 e. The van der Waals surface area contributed by atoms with E-state index in [4.69, 9.17) is 10.5 Å². The van der Waals surface area contributed by atoms with E-state index < -0.39 is 0 Å². The molecule has 2 atom stereocenters. The van der Waals surface area contributed by atoms with Gasteiger partial charge in [0, 0.05) is 25.7 Å². The molecular formula is C10H20N2O3. The molecule has 1 aliphatic heterocycles. The van der Waals surface area contributed by atoms with E-state index in [1.54, 1.807) is 0 Å². The highest BCUT2D eigenvalue weighted by molar-refractivity contribution is 5.69. The van der Waals surface area contributed by atoms with Gasteiger partial charge in [-0.25, -0.2) is 0 Å². The molecule has 2 unspecified atom stereocenters. The molecule has 0 amide bonds. The number of carbonyl (C=O) groups excluding carboxylic acids is 1. The minimum absolute atomic E-state index is 0.0962. The smallest absolute Gasteiger partial charge is 0.307 e. The second-order valence-electron chi connectivity index (χ2n) is 3.85. The van der Waals surface area contributed by atoms with E-state index in [0.29, 0.717) is 19.6 Å². The predicted molar refractivity (Wildman–Crippen MR) is 56.5 cm³/mol. The molecule has 88 valence electrons. The SMILES string of the molecule is COC(=O)CC(C)N1CCOC(CN)C1. The van der Waals surface area contributed by atoms with Gasteiger partial charge in [0.25, 0.3) is 0 Å². The third kappa shape index (κ3) is 3.77. The van der Waals surface area contributed by atoms with Gasteiger partial charge in [0.2, 0.25) is 0 Å². The summed E-state index contributed by atoms with van der Waals surface area (Å²) in [5.41, 5.74) is 5.55. The fourth-order valence-electron chi connectivity index (χ4n) is 1.74. The topological polar surface area (TPSA) is 64.8 Å². The van der Waals surface area contributed by atoms with Crippen LogP contribution in [0.5, 0.6) is 0 Å². The number of nitrogens with zero attached hydrogens (tertiary/aromatic N) is 1. The molecule has 1 fully saturated rings. The Kier molecular flexibility index (Phi) is 5.01. The lowest BCUT2D eigenvalue weighted by molar-refractivity contribution is -0.142. The van der Waals surface area contributed by atoms with Gasteiger partial charge in [-0.15, -0.1) is 0 Å². The van der Waals surface area contributed by atoms with Crippen LogP contribution in [-0.2, 0) is 14.3 Å². The van der Waals surface area contributed by atoms with Gasteiger partial charge in [-0.2, -0.15) is 0 Å². The molecule has 1 rings (SSSR count). The second-order valence-corrected chi connectivity index (χ2v) is 3.85. The molecule has 0 saturated carbocycles. The molecule has 2 N–H and O–H groups in total. The normalized spacial score (nSPS) is 24.9. The van der Waals surface area contributed by atoms with Crippen molar-refractivity contribution in [3.63, 3.8) is 0 Å². The molecule has 1 heterocycles. The Hall–Kier alpha value is -0.650. The van der Waals surface area contributed by atoms with Crippen molar-refractivity contribution >= 4 is 5.97 Å². The van der Waals surface area contributed by atoms with Gasteiger partial charge >= 0.3 is 5.97 Å². The van der Waals surface area contributed by atoms with E-state index in [2.05, 4.69) is 9.64 Å². The van der Waals surface area contributed by atoms with E-state index in [9.17, 15) is 4.79 Å². The van der Waals surface area contributed by atoms with Crippen molar-refractivity contribution in [1.82, 2.24) is 4.90 Å². The van der Waals surface area contributed by atoms with E-state index in [1.165, 1.54) is 7.11 Å². The average molecular weight is 216 g/mol. The van der Waals surface area contributed by atoms with Gasteiger partial charge in [0.1, 0.15) is 0 Å². The lowest BCUT2D eigenvalue weighted by Gasteiger charge is -2.36. The maximum atomic E-state index is 11.1. The van der Waals surface area contributed by atoms with Crippen molar-refractivity contribution < 1.29 is 14.3 Å². The van der Waals surface area contributed by atoms with Gasteiger partial charge in [-0.05, 0) is 6.92 Å². The van der Waals surface area contributed by atoms with Crippen LogP contribution in [0.1, 0.15) is 13.3 Å². The van der Waals surface area contributed by atoms with Crippen LogP contribution in [0.15, 0.2) is 0 Å². The Morgan fingerprint density at radius 1 is 1.73 bits per heavy atom. The van der Waals surface area contributed by atoms with E-state index in [1.807, 2.05) is 6.92 Å². The van der Waals surface area contributed by atoms with Crippen LogP contribution in [0.3, 0.4) is 0 Å². The molecule has 1 saturated heterocycles. The van der Waals surface area contributed by atoms with Crippen LogP contribution in [0.2, 0.25) is 0 Å². The third-order valence-electron chi connectivity index (χ3n) is 2.75. The fraction of sp³-hybridized carbons (Fsp3) is 0.900. The summed E-state index contributed by atoms with van der Waals surface area (Å²) in [5, 5.41) is 0. The van der Waals surface area contributed by atoms with E-state index in [-0.39, 0.29) is 18.1 Å². The molecule has 0 bridgehead atoms. The number of carbonyl (C=O) groups is 1. The summed E-state index contributed by atoms with van der Waals surface area (Å²) in [7, 11) is 1.41. The van der Waals surface area contributed by atoms with Crippen LogP contribution in [0.4, 0.5) is 0 Å². The summed E-state index contributed by atoms with van der Waals surface area (Å²) in [6.45, 7) is 4.90. The van der Waals surface area contributed by atoms with Crippen LogP contribution in [-0.4, -0.2) is 56.4 Å². The predicted octanol–water partition coefficient (Wildman–Crippen LogP) is -0.402. The molecule has 15 heavy (non-hydrogen) atoms. The second kappa shape index (κ2) is 6.05. The molecule has 0 aromatic carbocycles. The Morgan fingerprint density at radius 2 is 2.47 bits per heavy atom. The number of hydrogen-bond donors (Lipinski definition) is 1. The number of ether oxygens (including phenoxy) is 2. The fourth-order valence-corrected chi connectivity index (χ4v) is 1.74. The van der Waals surface area contributed by atoms with Gasteiger partial charge in [0.05, 0.1) is 26.2 Å². The molecule has 1 aliphatic rings. The highest BCUT2D eigenvalue weighted by Crippen LogP contribution is 2.11. The summed E-state index contributed by atoms with van der Waals surface area (Å²) < 4.78 is 10.1. The lowest BCUT2D eigenvalue weighted by atomic mass is 10.1. The number of hydrogen-bond acceptors (Lipinski definition) is 5. The highest BCUT2D eigenvalue weighted by Gasteiger charge is 2.24. The van der Waals surface area contributed by atoms with Gasteiger partial charge in [0.15, 0.2) is 0 Å². The molecule has 5 heteroatoms. The van der Waals surface area contributed by atoms with Crippen molar-refractivity contribution in [2.45, 2.75) is 25.5 Å². The van der Waals surface area contributed by atoms with Crippen molar-refractivity contribution in [3.05, 3.63) is 0 Å². The molecule has 5 nitrogen and oxygen atoms in total. The zero-order valence-electron chi connectivity index (χ0n) is 9.44. The van der Waals surface area contributed by atoms with Crippen molar-refractivity contribution in [1.29, 1.82) is 0 Å². The zero-order valence-corrected chi connectivity index (χ0v) is 9.44. The molecule has 0 aromatic heterocycles. The van der Waals surface area contributed by atoms with Gasteiger partial charge in [-0.3, -0.25) is 9.69 Å². The summed E-state index contributed by atoms with van der Waals surface area (Å²) in [6.07, 6.45) is 0.521. The maximum absolute atomic E-state index is 11.1. The van der Waals surface area contributed by atoms with Crippen LogP contribution in [0.25, 0.3) is 0 Å². The number of rotatable bonds is 4. The average Bonchev–Trinajstić information content (AvgIpc) is 2.28. The summed E-state index contributed by atoms with van der Waals surface area (Å²) in [5.74, 6) is -0.168. The monoisotopic (exact) mass is 216 g/mol. The van der Waals surface area contributed by atoms with Gasteiger partial charge < -0.3 is 15.2 Å². The first-order valence-corrected chi connectivity index (χ1v) is 5.30. The lowest BCUT2D eigenvalue weighted by Crippen LogP contribution is -2.49. The highest BCUT2D eigenvalue weighted by atomic mass is 16.5. The first kappa shape index (κ1) is 12.4. The van der Waals surface area contributed by atoms with Crippen LogP contribution in [0, 0.1) is 0 Å². The minimum Gasteiger partial charge on any atom is -0.469 e. The third-order valence-corrected chi connectivity index (χ3v) is 2.75. The first-order chi connectivity index (χ1) is 7.17. The molecule has 0 aliphatic carbocycles. The molecule has 0 spiro atoms. The first-order valence-electron chi connectivity index (χ1n) is 5.30. The Bertz CT molecular complexity index is 211. The Morgan fingerprint density at radius 3 is 3.07 bits per heavy atom.